The van der Waals surface area contributed by atoms with Crippen molar-refractivity contribution in [3.05, 3.63) is 0 Å². The van der Waals surface area contributed by atoms with Crippen molar-refractivity contribution in [2.24, 2.45) is 0 Å². The van der Waals surface area contributed by atoms with E-state index >= 15 is 0 Å². The molecule has 0 saturated heterocycles. The molecule has 0 aromatic heterocycles. The number of halogens is 1. The first-order chi connectivity index (χ1) is 15.1. The van der Waals surface area contributed by atoms with Crippen LogP contribution in [0.5, 0.6) is 0 Å². The third-order valence-electron chi connectivity index (χ3n) is 3.30. The molecule has 11 nitrogen and oxygen atoms in total. The topological polar surface area (TPSA) is 109 Å². The molecule has 0 spiro atoms. The number of hydrogen-bond donors (Lipinski definition) is 0. The van der Waals surface area contributed by atoms with Crippen LogP contribution in [0.4, 0.5) is 4.20 Å². The molecule has 0 aliphatic carbocycles. The van der Waals surface area contributed by atoms with E-state index in [1.165, 1.54) is 0 Å². The van der Waals surface area contributed by atoms with Crippen LogP contribution in [0.2, 0.25) is 0 Å². The van der Waals surface area contributed by atoms with Gasteiger partial charge in [0.25, 0.3) is 0 Å². The van der Waals surface area contributed by atoms with Gasteiger partial charge in [0, 0.05) is 14.2 Å². The van der Waals surface area contributed by atoms with Crippen molar-refractivity contribution in [3.63, 3.8) is 0 Å². The molecule has 0 saturated carbocycles. The van der Waals surface area contributed by atoms with Gasteiger partial charge in [-0.2, -0.15) is 0 Å². The molecule has 0 unspecified atom stereocenters. The molecule has 0 rings (SSSR count). The number of hydrogen-bond acceptors (Lipinski definition) is 11. The van der Waals surface area contributed by atoms with Gasteiger partial charge in [-0.15, -0.1) is 4.20 Å². The monoisotopic (exact) mass is 480 g/mol. The summed E-state index contributed by atoms with van der Waals surface area (Å²) in [5, 5.41) is 0. The second kappa shape index (κ2) is 24.4. The minimum absolute atomic E-state index is 0.0635. The average Bonchev–Trinajstić information content (AvgIpc) is 2.75. The van der Waals surface area contributed by atoms with E-state index in [-0.39, 0.29) is 26.4 Å². The molecule has 13 heteroatoms. The van der Waals surface area contributed by atoms with Crippen LogP contribution < -0.4 is 0 Å². The summed E-state index contributed by atoms with van der Waals surface area (Å²) >= 11 is 0. The molecule has 0 aromatic rings. The molecule has 188 valence electrons. The molecule has 0 aliphatic heterocycles. The molecule has 0 heterocycles. The number of methoxy groups -OCH3 is 2. The lowest BCUT2D eigenvalue weighted by Crippen LogP contribution is -2.13. The standard InChI is InChI=1S/C18H38FO11P/c1-21-3-5-23-7-9-25-11-13-27-15-17-29-31(19,20)30-18-16-28-14-12-26-10-8-24-6-4-22-2/h3-18H2,1-2H3. The first-order valence-corrected chi connectivity index (χ1v) is 11.6. The van der Waals surface area contributed by atoms with Crippen LogP contribution in [0.3, 0.4) is 0 Å². The average molecular weight is 480 g/mol. The molecule has 0 aliphatic rings. The predicted molar refractivity (Wildman–Crippen MR) is 109 cm³/mol. The van der Waals surface area contributed by atoms with Crippen molar-refractivity contribution in [1.82, 2.24) is 0 Å². The quantitative estimate of drug-likeness (QED) is 0.133. The van der Waals surface area contributed by atoms with E-state index in [0.717, 1.165) is 0 Å². The van der Waals surface area contributed by atoms with E-state index in [1.807, 2.05) is 0 Å². The van der Waals surface area contributed by atoms with Crippen LogP contribution in [-0.4, -0.2) is 120 Å². The minimum Gasteiger partial charge on any atom is -0.382 e. The highest BCUT2D eigenvalue weighted by Crippen LogP contribution is 2.49. The Labute approximate surface area is 184 Å². The van der Waals surface area contributed by atoms with Crippen LogP contribution in [0.1, 0.15) is 0 Å². The SMILES string of the molecule is COCCOCCOCCOCCOP(=O)(F)OCCOCCOCCOCCOC. The fraction of sp³-hybridized carbons (Fsp3) is 1.00. The van der Waals surface area contributed by atoms with Gasteiger partial charge in [-0.3, -0.25) is 9.05 Å². The van der Waals surface area contributed by atoms with E-state index in [9.17, 15) is 8.76 Å². The van der Waals surface area contributed by atoms with Gasteiger partial charge >= 0.3 is 7.91 Å². The predicted octanol–water partition coefficient (Wildman–Crippen LogP) is 1.49. The highest BCUT2D eigenvalue weighted by atomic mass is 31.2. The van der Waals surface area contributed by atoms with Gasteiger partial charge < -0.3 is 37.9 Å². The molecule has 0 radical (unpaired) electrons. The number of ether oxygens (including phenoxy) is 8. The van der Waals surface area contributed by atoms with Crippen LogP contribution in [0.25, 0.3) is 0 Å². The lowest BCUT2D eigenvalue weighted by Gasteiger charge is -2.11. The second-order valence-corrected chi connectivity index (χ2v) is 7.13. The summed E-state index contributed by atoms with van der Waals surface area (Å²) in [6.07, 6.45) is 0. The summed E-state index contributed by atoms with van der Waals surface area (Å²) in [7, 11) is -1.42. The van der Waals surface area contributed by atoms with Gasteiger partial charge in [0.05, 0.1) is 106 Å². The summed E-state index contributed by atoms with van der Waals surface area (Å²) in [6, 6.07) is 0. The minimum atomic E-state index is -4.63. The highest BCUT2D eigenvalue weighted by Gasteiger charge is 2.23. The Hall–Kier alpha value is -0.240. The molecule has 0 bridgehead atoms. The van der Waals surface area contributed by atoms with Gasteiger partial charge in [-0.1, -0.05) is 0 Å². The van der Waals surface area contributed by atoms with E-state index < -0.39 is 7.91 Å². The van der Waals surface area contributed by atoms with Crippen LogP contribution in [0, 0.1) is 0 Å². The molecule has 0 N–H and O–H groups in total. The Bertz CT molecular complexity index is 375. The summed E-state index contributed by atoms with van der Waals surface area (Å²) in [5.74, 6) is 0. The third kappa shape index (κ3) is 25.9. The molecule has 0 fully saturated rings. The third-order valence-corrected chi connectivity index (χ3v) is 4.28. The van der Waals surface area contributed by atoms with Gasteiger partial charge in [0.2, 0.25) is 0 Å². The van der Waals surface area contributed by atoms with Crippen molar-refractivity contribution in [3.8, 4) is 0 Å². The van der Waals surface area contributed by atoms with E-state index in [1.54, 1.807) is 14.2 Å². The van der Waals surface area contributed by atoms with Crippen molar-refractivity contribution in [1.29, 1.82) is 0 Å². The van der Waals surface area contributed by atoms with E-state index in [4.69, 9.17) is 37.9 Å². The molecule has 0 amide bonds. The normalized spacial score (nSPS) is 12.0. The Morgan fingerprint density at radius 1 is 0.452 bits per heavy atom. The molecule has 31 heavy (non-hydrogen) atoms. The smallest absolute Gasteiger partial charge is 0.382 e. The van der Waals surface area contributed by atoms with Crippen LogP contribution >= 0.6 is 7.91 Å². The lowest BCUT2D eigenvalue weighted by molar-refractivity contribution is -0.00436. The number of rotatable bonds is 26. The summed E-state index contributed by atoms with van der Waals surface area (Å²) in [4.78, 5) is 0. The maximum Gasteiger partial charge on any atom is 0.513 e. The zero-order valence-electron chi connectivity index (χ0n) is 18.6. The van der Waals surface area contributed by atoms with Crippen LogP contribution in [0.15, 0.2) is 0 Å². The maximum atomic E-state index is 13.6. The van der Waals surface area contributed by atoms with Crippen molar-refractivity contribution >= 4 is 7.91 Å². The van der Waals surface area contributed by atoms with Crippen molar-refractivity contribution < 1.29 is 55.7 Å². The van der Waals surface area contributed by atoms with Gasteiger partial charge in [-0.05, 0) is 0 Å². The molecule has 0 aromatic carbocycles. The van der Waals surface area contributed by atoms with Gasteiger partial charge in [0.1, 0.15) is 0 Å². The summed E-state index contributed by atoms with van der Waals surface area (Å²) < 4.78 is 75.2. The maximum absolute atomic E-state index is 13.6. The Balaban J connectivity index is 3.30. The van der Waals surface area contributed by atoms with Crippen molar-refractivity contribution in [2.45, 2.75) is 0 Å². The lowest BCUT2D eigenvalue weighted by atomic mass is 10.7. The van der Waals surface area contributed by atoms with Gasteiger partial charge in [-0.25, -0.2) is 4.57 Å². The largest absolute Gasteiger partial charge is 0.513 e. The first-order valence-electron chi connectivity index (χ1n) is 10.2. The fourth-order valence-corrected chi connectivity index (χ4v) is 2.48. The van der Waals surface area contributed by atoms with E-state index in [0.29, 0.717) is 79.3 Å². The second-order valence-electron chi connectivity index (χ2n) is 5.76. The summed E-state index contributed by atoms with van der Waals surface area (Å²) in [5.41, 5.74) is 0. The van der Waals surface area contributed by atoms with E-state index in [2.05, 4.69) is 9.05 Å². The Kier molecular flexibility index (Phi) is 24.2. The zero-order valence-corrected chi connectivity index (χ0v) is 19.5. The molecular formula is C18H38FO11P. The molecule has 0 atom stereocenters. The van der Waals surface area contributed by atoms with Crippen molar-refractivity contribution in [2.75, 3.05) is 120 Å². The molecular weight excluding hydrogens is 442 g/mol. The first kappa shape index (κ1) is 30.8. The van der Waals surface area contributed by atoms with Gasteiger partial charge in [0.15, 0.2) is 0 Å². The Morgan fingerprint density at radius 2 is 0.677 bits per heavy atom. The van der Waals surface area contributed by atoms with Crippen LogP contribution in [-0.2, 0) is 51.5 Å². The Morgan fingerprint density at radius 3 is 0.935 bits per heavy atom. The highest BCUT2D eigenvalue weighted by molar-refractivity contribution is 7.48. The fourth-order valence-electron chi connectivity index (χ4n) is 1.82. The zero-order chi connectivity index (χ0) is 22.9. The summed E-state index contributed by atoms with van der Waals surface area (Å²) in [6.45, 7) is 4.98.